The molecule has 0 aliphatic carbocycles. The van der Waals surface area contributed by atoms with Crippen molar-refractivity contribution in [2.75, 3.05) is 19.0 Å². The lowest BCUT2D eigenvalue weighted by molar-refractivity contribution is -0.136. The highest BCUT2D eigenvalue weighted by Crippen LogP contribution is 2.32. The van der Waals surface area contributed by atoms with Crippen LogP contribution in [0.2, 0.25) is 5.02 Å². The Morgan fingerprint density at radius 1 is 1.36 bits per heavy atom. The third kappa shape index (κ3) is 4.27. The van der Waals surface area contributed by atoms with E-state index in [2.05, 4.69) is 10.3 Å². The highest BCUT2D eigenvalue weighted by Gasteiger charge is 2.17. The van der Waals surface area contributed by atoms with Gasteiger partial charge in [-0.25, -0.2) is 4.98 Å². The molecule has 0 aliphatic rings. The first-order chi connectivity index (χ1) is 10.5. The summed E-state index contributed by atoms with van der Waals surface area (Å²) in [5.41, 5.74) is 1.26. The van der Waals surface area contributed by atoms with E-state index in [0.717, 1.165) is 16.9 Å². The van der Waals surface area contributed by atoms with E-state index in [1.54, 1.807) is 24.3 Å². The number of nitrogens with zero attached hydrogens (tertiary/aromatic N) is 1. The monoisotopic (exact) mass is 340 g/mol. The summed E-state index contributed by atoms with van der Waals surface area (Å²) in [7, 11) is 1.41. The van der Waals surface area contributed by atoms with Crippen LogP contribution in [-0.4, -0.2) is 35.7 Å². The van der Waals surface area contributed by atoms with Gasteiger partial charge in [0.2, 0.25) is 0 Å². The molecule has 2 rings (SSSR count). The minimum Gasteiger partial charge on any atom is -0.481 e. The first-order valence-electron chi connectivity index (χ1n) is 6.26. The number of aromatic nitrogens is 1. The molecule has 2 aromatic rings. The summed E-state index contributed by atoms with van der Waals surface area (Å²) in [6.07, 6.45) is -0.171. The van der Waals surface area contributed by atoms with Gasteiger partial charge in [0.15, 0.2) is 5.13 Å². The molecule has 0 unspecified atom stereocenters. The molecule has 0 atom stereocenters. The molecule has 0 radical (unpaired) electrons. The number of carbonyl (C=O) groups excluding carboxylic acids is 1. The highest BCUT2D eigenvalue weighted by atomic mass is 35.5. The van der Waals surface area contributed by atoms with Crippen LogP contribution < -0.4 is 5.32 Å². The minimum atomic E-state index is -0.964. The Balaban J connectivity index is 2.33. The first-order valence-corrected chi connectivity index (χ1v) is 7.45. The number of carbonyl (C=O) groups is 2. The number of benzene rings is 1. The molecule has 116 valence electrons. The number of methoxy groups -OCH3 is 1. The fourth-order valence-corrected chi connectivity index (χ4v) is 2.90. The average Bonchev–Trinajstić information content (AvgIpc) is 2.81. The molecule has 1 heterocycles. The second kappa shape index (κ2) is 7.35. The van der Waals surface area contributed by atoms with Crippen molar-refractivity contribution in [3.05, 3.63) is 34.2 Å². The van der Waals surface area contributed by atoms with Gasteiger partial charge in [0, 0.05) is 22.6 Å². The molecule has 0 saturated carbocycles. The largest absolute Gasteiger partial charge is 0.481 e. The van der Waals surface area contributed by atoms with Crippen molar-refractivity contribution in [3.63, 3.8) is 0 Å². The van der Waals surface area contributed by atoms with Crippen molar-refractivity contribution in [2.24, 2.45) is 0 Å². The number of ether oxygens (including phenoxy) is 1. The third-order valence-electron chi connectivity index (χ3n) is 2.65. The van der Waals surface area contributed by atoms with Crippen molar-refractivity contribution in [1.29, 1.82) is 0 Å². The summed E-state index contributed by atoms with van der Waals surface area (Å²) in [4.78, 5) is 27.4. The van der Waals surface area contributed by atoms with Crippen molar-refractivity contribution >= 4 is 39.9 Å². The Labute approximate surface area is 135 Å². The maximum absolute atomic E-state index is 11.5. The molecule has 0 fully saturated rings. The average molecular weight is 341 g/mol. The van der Waals surface area contributed by atoms with E-state index in [0.29, 0.717) is 20.7 Å². The standard InChI is InChI=1S/C14H13ClN2O4S/c1-21-7-11(18)16-14-17-13(10(22-14)6-12(19)20)8-2-4-9(15)5-3-8/h2-5H,6-7H2,1H3,(H,19,20)(H,16,17,18). The number of rotatable bonds is 6. The van der Waals surface area contributed by atoms with Crippen molar-refractivity contribution in [2.45, 2.75) is 6.42 Å². The topological polar surface area (TPSA) is 88.5 Å². The zero-order chi connectivity index (χ0) is 16.1. The normalized spacial score (nSPS) is 10.5. The molecule has 8 heteroatoms. The number of thiazole rings is 1. The third-order valence-corrected chi connectivity index (χ3v) is 3.87. The number of hydrogen-bond donors (Lipinski definition) is 2. The van der Waals surface area contributed by atoms with E-state index in [1.165, 1.54) is 7.11 Å². The Kier molecular flexibility index (Phi) is 5.48. The van der Waals surface area contributed by atoms with Gasteiger partial charge in [-0.2, -0.15) is 0 Å². The van der Waals surface area contributed by atoms with E-state index in [-0.39, 0.29) is 18.9 Å². The molecule has 1 amide bonds. The number of amides is 1. The van der Waals surface area contributed by atoms with Gasteiger partial charge in [-0.05, 0) is 12.1 Å². The predicted molar refractivity (Wildman–Crippen MR) is 84.4 cm³/mol. The summed E-state index contributed by atoms with van der Waals surface area (Å²) >= 11 is 6.98. The molecule has 2 N–H and O–H groups in total. The SMILES string of the molecule is COCC(=O)Nc1nc(-c2ccc(Cl)cc2)c(CC(=O)O)s1. The van der Waals surface area contributed by atoms with Crippen LogP contribution in [0.4, 0.5) is 5.13 Å². The lowest BCUT2D eigenvalue weighted by Crippen LogP contribution is -2.16. The highest BCUT2D eigenvalue weighted by molar-refractivity contribution is 7.16. The number of hydrogen-bond acceptors (Lipinski definition) is 5. The number of carboxylic acid groups (broad SMARTS) is 1. The number of anilines is 1. The minimum absolute atomic E-state index is 0.0931. The Morgan fingerprint density at radius 2 is 2.05 bits per heavy atom. The maximum atomic E-state index is 11.5. The quantitative estimate of drug-likeness (QED) is 0.844. The van der Waals surface area contributed by atoms with Crippen LogP contribution in [0.15, 0.2) is 24.3 Å². The summed E-state index contributed by atoms with van der Waals surface area (Å²) in [6, 6.07) is 6.90. The van der Waals surface area contributed by atoms with Gasteiger partial charge in [-0.15, -0.1) is 11.3 Å². The molecule has 0 bridgehead atoms. The maximum Gasteiger partial charge on any atom is 0.308 e. The van der Waals surface area contributed by atoms with E-state index in [1.807, 2.05) is 0 Å². The number of carboxylic acids is 1. The van der Waals surface area contributed by atoms with Crippen LogP contribution in [0, 0.1) is 0 Å². The van der Waals surface area contributed by atoms with Gasteiger partial charge in [0.25, 0.3) is 5.91 Å². The smallest absolute Gasteiger partial charge is 0.308 e. The predicted octanol–water partition coefficient (Wildman–Crippen LogP) is 2.68. The van der Waals surface area contributed by atoms with Crippen LogP contribution in [0.5, 0.6) is 0 Å². The summed E-state index contributed by atoms with van der Waals surface area (Å²) in [5, 5.41) is 12.5. The van der Waals surface area contributed by atoms with Gasteiger partial charge in [0.1, 0.15) is 6.61 Å². The lowest BCUT2D eigenvalue weighted by Gasteiger charge is -2.00. The van der Waals surface area contributed by atoms with Gasteiger partial charge in [0.05, 0.1) is 12.1 Å². The van der Waals surface area contributed by atoms with Gasteiger partial charge in [-0.3, -0.25) is 14.9 Å². The van der Waals surface area contributed by atoms with E-state index >= 15 is 0 Å². The van der Waals surface area contributed by atoms with Crippen molar-refractivity contribution in [1.82, 2.24) is 4.98 Å². The van der Waals surface area contributed by atoms with Gasteiger partial charge < -0.3 is 9.84 Å². The molecule has 0 spiro atoms. The van der Waals surface area contributed by atoms with E-state index in [4.69, 9.17) is 21.4 Å². The first kappa shape index (κ1) is 16.4. The number of halogens is 1. The van der Waals surface area contributed by atoms with Crippen molar-refractivity contribution < 1.29 is 19.4 Å². The molecule has 0 aliphatic heterocycles. The van der Waals surface area contributed by atoms with Crippen LogP contribution in [0.1, 0.15) is 4.88 Å². The van der Waals surface area contributed by atoms with Crippen molar-refractivity contribution in [3.8, 4) is 11.3 Å². The fraction of sp³-hybridized carbons (Fsp3) is 0.214. The van der Waals surface area contributed by atoms with E-state index < -0.39 is 5.97 Å². The zero-order valence-corrected chi connectivity index (χ0v) is 13.2. The van der Waals surface area contributed by atoms with E-state index in [9.17, 15) is 9.59 Å². The second-order valence-electron chi connectivity index (χ2n) is 4.35. The molecular weight excluding hydrogens is 328 g/mol. The molecule has 1 aromatic heterocycles. The lowest BCUT2D eigenvalue weighted by atomic mass is 10.1. The van der Waals surface area contributed by atoms with Gasteiger partial charge >= 0.3 is 5.97 Å². The molecular formula is C14H13ClN2O4S. The van der Waals surface area contributed by atoms with Crippen LogP contribution >= 0.6 is 22.9 Å². The Hall–Kier alpha value is -1.96. The second-order valence-corrected chi connectivity index (χ2v) is 5.87. The van der Waals surface area contributed by atoms with Gasteiger partial charge in [-0.1, -0.05) is 23.7 Å². The Morgan fingerprint density at radius 3 is 2.64 bits per heavy atom. The zero-order valence-electron chi connectivity index (χ0n) is 11.6. The number of aliphatic carboxylic acids is 1. The fourth-order valence-electron chi connectivity index (χ4n) is 1.78. The Bertz CT molecular complexity index is 685. The molecule has 1 aromatic carbocycles. The molecule has 0 saturated heterocycles. The summed E-state index contributed by atoms with van der Waals surface area (Å²) < 4.78 is 4.73. The van der Waals surface area contributed by atoms with Crippen LogP contribution in [0.3, 0.4) is 0 Å². The van der Waals surface area contributed by atoms with Crippen LogP contribution in [-0.2, 0) is 20.7 Å². The molecule has 6 nitrogen and oxygen atoms in total. The van der Waals surface area contributed by atoms with Crippen LogP contribution in [0.25, 0.3) is 11.3 Å². The summed E-state index contributed by atoms with van der Waals surface area (Å²) in [6.45, 7) is -0.0931. The molecule has 22 heavy (non-hydrogen) atoms. The number of nitrogens with one attached hydrogen (secondary N) is 1. The summed E-state index contributed by atoms with van der Waals surface area (Å²) in [5.74, 6) is -1.31.